The molecular weight excluding hydrogens is 271 g/mol. The van der Waals surface area contributed by atoms with Gasteiger partial charge in [0.05, 0.1) is 11.6 Å². The van der Waals surface area contributed by atoms with Crippen LogP contribution in [0.4, 0.5) is 4.39 Å². The first-order chi connectivity index (χ1) is 9.85. The van der Waals surface area contributed by atoms with Crippen LogP contribution < -0.4 is 0 Å². The van der Waals surface area contributed by atoms with Gasteiger partial charge in [0, 0.05) is 12.1 Å². The van der Waals surface area contributed by atoms with Crippen LogP contribution >= 0.6 is 0 Å². The monoisotopic (exact) mass is 290 g/mol. The fraction of sp³-hybridized carbons (Fsp3) is 0.500. The third kappa shape index (κ3) is 3.22. The van der Waals surface area contributed by atoms with Crippen molar-refractivity contribution in [3.8, 4) is 6.07 Å². The maximum absolute atomic E-state index is 14.0. The zero-order chi connectivity index (χ0) is 15.6. The number of likely N-dealkylation sites (tertiary alicyclic amines) is 1. The Morgan fingerprint density at radius 1 is 1.57 bits per heavy atom. The Kier molecular flexibility index (Phi) is 4.29. The Morgan fingerprint density at radius 2 is 2.29 bits per heavy atom. The van der Waals surface area contributed by atoms with E-state index >= 15 is 0 Å². The average molecular weight is 290 g/mol. The van der Waals surface area contributed by atoms with Crippen molar-refractivity contribution in [3.05, 3.63) is 35.1 Å². The quantitative estimate of drug-likeness (QED) is 0.929. The molecule has 0 amide bonds. The Balaban J connectivity index is 2.25. The molecule has 1 saturated heterocycles. The van der Waals surface area contributed by atoms with Crippen molar-refractivity contribution in [1.29, 1.82) is 5.26 Å². The molecule has 5 heteroatoms. The molecule has 0 spiro atoms. The molecule has 0 radical (unpaired) electrons. The fourth-order valence-corrected chi connectivity index (χ4v) is 3.12. The van der Waals surface area contributed by atoms with Crippen molar-refractivity contribution in [2.24, 2.45) is 5.41 Å². The van der Waals surface area contributed by atoms with Crippen LogP contribution in [0.15, 0.2) is 18.2 Å². The summed E-state index contributed by atoms with van der Waals surface area (Å²) >= 11 is 0. The Morgan fingerprint density at radius 3 is 2.86 bits per heavy atom. The van der Waals surface area contributed by atoms with Gasteiger partial charge in [-0.15, -0.1) is 0 Å². The number of hydrogen-bond donors (Lipinski definition) is 1. The predicted molar refractivity (Wildman–Crippen MR) is 76.0 cm³/mol. The van der Waals surface area contributed by atoms with E-state index < -0.39 is 17.8 Å². The van der Waals surface area contributed by atoms with Crippen LogP contribution in [0.1, 0.15) is 37.8 Å². The number of carbonyl (C=O) groups is 1. The fourth-order valence-electron chi connectivity index (χ4n) is 3.12. The van der Waals surface area contributed by atoms with Crippen molar-refractivity contribution in [2.75, 3.05) is 6.54 Å². The van der Waals surface area contributed by atoms with E-state index in [0.717, 1.165) is 12.8 Å². The third-order valence-corrected chi connectivity index (χ3v) is 4.16. The maximum atomic E-state index is 14.0. The number of nitriles is 1. The summed E-state index contributed by atoms with van der Waals surface area (Å²) in [6.45, 7) is 4.76. The normalized spacial score (nSPS) is 21.7. The second kappa shape index (κ2) is 5.82. The van der Waals surface area contributed by atoms with Gasteiger partial charge in [0.15, 0.2) is 0 Å². The van der Waals surface area contributed by atoms with E-state index in [2.05, 4.69) is 0 Å². The van der Waals surface area contributed by atoms with Crippen LogP contribution in [-0.2, 0) is 11.3 Å². The molecular formula is C16H19FN2O2. The minimum atomic E-state index is -0.867. The molecule has 1 aromatic rings. The van der Waals surface area contributed by atoms with Crippen molar-refractivity contribution in [3.63, 3.8) is 0 Å². The molecule has 4 nitrogen and oxygen atoms in total. The minimum absolute atomic E-state index is 0.248. The lowest BCUT2D eigenvalue weighted by molar-refractivity contribution is -0.151. The van der Waals surface area contributed by atoms with Crippen LogP contribution in [0, 0.1) is 22.6 Å². The number of benzene rings is 1. The van der Waals surface area contributed by atoms with E-state index in [-0.39, 0.29) is 17.5 Å². The second-order valence-corrected chi connectivity index (χ2v) is 6.22. The van der Waals surface area contributed by atoms with Gasteiger partial charge in [0.25, 0.3) is 0 Å². The van der Waals surface area contributed by atoms with Gasteiger partial charge in [-0.05, 0) is 36.9 Å². The number of carboxylic acids is 1. The number of carboxylic acid groups (broad SMARTS) is 1. The van der Waals surface area contributed by atoms with Crippen LogP contribution in [0.2, 0.25) is 0 Å². The first-order valence-corrected chi connectivity index (χ1v) is 7.00. The second-order valence-electron chi connectivity index (χ2n) is 6.22. The first kappa shape index (κ1) is 15.5. The standard InChI is InChI=1S/C16H19FN2O2/c1-16(2)6-3-7-19(14(16)15(20)21)10-12-5-4-11(9-18)8-13(12)17/h4-5,8,14H,3,6-7,10H2,1-2H3,(H,20,21). The lowest BCUT2D eigenvalue weighted by atomic mass is 9.76. The molecule has 0 aromatic heterocycles. The summed E-state index contributed by atoms with van der Waals surface area (Å²) in [5.74, 6) is -1.32. The summed E-state index contributed by atoms with van der Waals surface area (Å²) in [5, 5.41) is 18.2. The van der Waals surface area contributed by atoms with Gasteiger partial charge < -0.3 is 5.11 Å². The summed E-state index contributed by atoms with van der Waals surface area (Å²) in [4.78, 5) is 13.4. The van der Waals surface area contributed by atoms with Crippen molar-refractivity contribution < 1.29 is 14.3 Å². The highest BCUT2D eigenvalue weighted by Gasteiger charge is 2.42. The van der Waals surface area contributed by atoms with E-state index in [0.29, 0.717) is 12.1 Å². The molecule has 112 valence electrons. The molecule has 0 saturated carbocycles. The molecule has 2 rings (SSSR count). The molecule has 0 aliphatic carbocycles. The molecule has 1 unspecified atom stereocenters. The van der Waals surface area contributed by atoms with Gasteiger partial charge in [0.1, 0.15) is 11.9 Å². The first-order valence-electron chi connectivity index (χ1n) is 7.00. The van der Waals surface area contributed by atoms with Gasteiger partial charge in [-0.25, -0.2) is 4.39 Å². The van der Waals surface area contributed by atoms with Gasteiger partial charge in [0.2, 0.25) is 0 Å². The zero-order valence-corrected chi connectivity index (χ0v) is 12.3. The summed E-state index contributed by atoms with van der Waals surface area (Å²) in [5.41, 5.74) is 0.357. The Labute approximate surface area is 123 Å². The van der Waals surface area contributed by atoms with Crippen LogP contribution in [-0.4, -0.2) is 28.6 Å². The Bertz CT molecular complexity index is 592. The SMILES string of the molecule is CC1(C)CCCN(Cc2ccc(C#N)cc2F)C1C(=O)O. The summed E-state index contributed by atoms with van der Waals surface area (Å²) in [7, 11) is 0. The highest BCUT2D eigenvalue weighted by molar-refractivity contribution is 5.74. The van der Waals surface area contributed by atoms with Crippen molar-refractivity contribution in [1.82, 2.24) is 4.90 Å². The van der Waals surface area contributed by atoms with Gasteiger partial charge in [-0.2, -0.15) is 5.26 Å². The summed E-state index contributed by atoms with van der Waals surface area (Å²) < 4.78 is 14.0. The summed E-state index contributed by atoms with van der Waals surface area (Å²) in [6.07, 6.45) is 1.74. The molecule has 0 bridgehead atoms. The molecule has 21 heavy (non-hydrogen) atoms. The smallest absolute Gasteiger partial charge is 0.321 e. The highest BCUT2D eigenvalue weighted by Crippen LogP contribution is 2.36. The lowest BCUT2D eigenvalue weighted by Gasteiger charge is -2.44. The molecule has 1 aliphatic rings. The molecule has 1 aromatic carbocycles. The van der Waals surface area contributed by atoms with Crippen LogP contribution in [0.5, 0.6) is 0 Å². The van der Waals surface area contributed by atoms with Crippen molar-refractivity contribution >= 4 is 5.97 Å². The summed E-state index contributed by atoms with van der Waals surface area (Å²) in [6, 6.07) is 5.58. The van der Waals surface area contributed by atoms with Crippen LogP contribution in [0.25, 0.3) is 0 Å². The van der Waals surface area contributed by atoms with E-state index in [9.17, 15) is 14.3 Å². The van der Waals surface area contributed by atoms with Crippen molar-refractivity contribution in [2.45, 2.75) is 39.3 Å². The van der Waals surface area contributed by atoms with E-state index in [1.807, 2.05) is 24.8 Å². The lowest BCUT2D eigenvalue weighted by Crippen LogP contribution is -2.53. The third-order valence-electron chi connectivity index (χ3n) is 4.16. The molecule has 1 N–H and O–H groups in total. The molecule has 1 aliphatic heterocycles. The van der Waals surface area contributed by atoms with Gasteiger partial charge in [-0.3, -0.25) is 9.69 Å². The van der Waals surface area contributed by atoms with Gasteiger partial charge >= 0.3 is 5.97 Å². The molecule has 1 fully saturated rings. The number of hydrogen-bond acceptors (Lipinski definition) is 3. The highest BCUT2D eigenvalue weighted by atomic mass is 19.1. The van der Waals surface area contributed by atoms with E-state index in [1.54, 1.807) is 12.1 Å². The number of halogens is 1. The van der Waals surface area contributed by atoms with Crippen LogP contribution in [0.3, 0.4) is 0 Å². The maximum Gasteiger partial charge on any atom is 0.321 e. The average Bonchev–Trinajstić information content (AvgIpc) is 2.39. The number of aliphatic carboxylic acids is 1. The largest absolute Gasteiger partial charge is 0.480 e. The van der Waals surface area contributed by atoms with E-state index in [4.69, 9.17) is 5.26 Å². The van der Waals surface area contributed by atoms with Gasteiger partial charge in [-0.1, -0.05) is 19.9 Å². The Hall–Kier alpha value is -1.93. The number of rotatable bonds is 3. The minimum Gasteiger partial charge on any atom is -0.480 e. The number of piperidine rings is 1. The number of nitrogens with zero attached hydrogens (tertiary/aromatic N) is 2. The topological polar surface area (TPSA) is 64.3 Å². The zero-order valence-electron chi connectivity index (χ0n) is 12.3. The van der Waals surface area contributed by atoms with E-state index in [1.165, 1.54) is 6.07 Å². The molecule has 1 heterocycles. The predicted octanol–water partition coefficient (Wildman–Crippen LogP) is 2.77. The molecule has 1 atom stereocenters.